The smallest absolute Gasteiger partial charge is 0.0461 e. The summed E-state index contributed by atoms with van der Waals surface area (Å²) in [6, 6.07) is 1.28. The minimum atomic E-state index is 0. The van der Waals surface area contributed by atoms with Gasteiger partial charge in [-0.2, -0.15) is 27.0 Å². The number of rotatable bonds is 18. The van der Waals surface area contributed by atoms with Crippen molar-refractivity contribution in [1.82, 2.24) is 0 Å². The van der Waals surface area contributed by atoms with E-state index in [1.165, 1.54) is 0 Å². The minimum Gasteiger partial charge on any atom is -0.396 e. The van der Waals surface area contributed by atoms with E-state index < -0.39 is 0 Å². The van der Waals surface area contributed by atoms with Crippen molar-refractivity contribution in [1.29, 1.82) is 0 Å². The molecule has 316 valence electrons. The summed E-state index contributed by atoms with van der Waals surface area (Å²) in [7, 11) is 0. The van der Waals surface area contributed by atoms with Crippen molar-refractivity contribution in [2.75, 3.05) is 19.8 Å². The molecule has 0 saturated heterocycles. The van der Waals surface area contributed by atoms with Gasteiger partial charge in [-0.1, -0.05) is 144 Å². The van der Waals surface area contributed by atoms with E-state index in [0.29, 0.717) is 73.5 Å². The lowest BCUT2D eigenvalue weighted by molar-refractivity contribution is 0.185. The summed E-state index contributed by atoms with van der Waals surface area (Å²) in [6.45, 7) is 39.8. The topological polar surface area (TPSA) is 139 Å². The molecule has 0 amide bonds. The fourth-order valence-electron chi connectivity index (χ4n) is 4.75. The molecular formula is C42H103N3O3S2. The van der Waals surface area contributed by atoms with Gasteiger partial charge in [-0.25, -0.2) is 0 Å². The van der Waals surface area contributed by atoms with Gasteiger partial charge in [0.05, 0.1) is 0 Å². The van der Waals surface area contributed by atoms with Gasteiger partial charge in [0.25, 0.3) is 0 Å². The zero-order chi connectivity index (χ0) is 39.4. The van der Waals surface area contributed by atoms with Crippen LogP contribution in [0.3, 0.4) is 0 Å². The number of aliphatic hydroxyl groups excluding tert-OH is 3. The lowest BCUT2D eigenvalue weighted by Gasteiger charge is -2.14. The molecule has 0 aromatic carbocycles. The highest BCUT2D eigenvalue weighted by Crippen LogP contribution is 2.14. The van der Waals surface area contributed by atoms with Gasteiger partial charge in [-0.15, -0.1) is 0 Å². The molecule has 0 radical (unpaired) electrons. The summed E-state index contributed by atoms with van der Waals surface area (Å²) in [6.07, 6.45) is 10.1. The molecule has 0 aliphatic rings. The van der Waals surface area contributed by atoms with Crippen LogP contribution in [0.2, 0.25) is 0 Å². The molecule has 0 aliphatic carbocycles. The first-order chi connectivity index (χ1) is 22.1. The molecule has 8 heteroatoms. The molecule has 0 heterocycles. The molecule has 2 unspecified atom stereocenters. The first-order valence-electron chi connectivity index (χ1n) is 20.2. The van der Waals surface area contributed by atoms with Crippen LogP contribution in [0, 0.1) is 53.3 Å². The predicted octanol–water partition coefficient (Wildman–Crippen LogP) is 10.5. The first-order valence-corrected chi connectivity index (χ1v) is 20.2. The maximum atomic E-state index is 8.70. The summed E-state index contributed by atoms with van der Waals surface area (Å²) >= 11 is 0. The second kappa shape index (κ2) is 49.5. The van der Waals surface area contributed by atoms with Crippen molar-refractivity contribution in [3.63, 3.8) is 0 Å². The lowest BCUT2D eigenvalue weighted by Crippen LogP contribution is -2.20. The molecule has 0 fully saturated rings. The highest BCUT2D eigenvalue weighted by atomic mass is 32.1. The highest BCUT2D eigenvalue weighted by Gasteiger charge is 2.09. The average Bonchev–Trinajstić information content (AvgIpc) is 2.99. The molecular weight excluding hydrogens is 659 g/mol. The number of hydrogen-bond donors (Lipinski definition) is 6. The quantitative estimate of drug-likeness (QED) is 0.0822. The number of hydrogen-bond acceptors (Lipinski definition) is 6. The maximum absolute atomic E-state index is 8.70. The summed E-state index contributed by atoms with van der Waals surface area (Å²) in [5.74, 6) is 5.68. The van der Waals surface area contributed by atoms with Crippen LogP contribution in [0.4, 0.5) is 0 Å². The van der Waals surface area contributed by atoms with Gasteiger partial charge in [-0.3, -0.25) is 0 Å². The summed E-state index contributed by atoms with van der Waals surface area (Å²) in [4.78, 5) is 0. The molecule has 9 N–H and O–H groups in total. The Hall–Kier alpha value is 0.460. The van der Waals surface area contributed by atoms with Crippen LogP contribution in [0.15, 0.2) is 0 Å². The summed E-state index contributed by atoms with van der Waals surface area (Å²) in [5, 5.41) is 26.1. The predicted molar refractivity (Wildman–Crippen MR) is 241 cm³/mol. The van der Waals surface area contributed by atoms with Crippen molar-refractivity contribution < 1.29 is 15.3 Å². The third-order valence-electron chi connectivity index (χ3n) is 9.00. The van der Waals surface area contributed by atoms with E-state index in [1.807, 2.05) is 0 Å². The molecule has 0 aliphatic heterocycles. The normalized spacial score (nSPS) is 14.0. The third-order valence-corrected chi connectivity index (χ3v) is 9.00. The Kier molecular flexibility index (Phi) is 67.7. The zero-order valence-corrected chi connectivity index (χ0v) is 39.5. The highest BCUT2D eigenvalue weighted by molar-refractivity contribution is 7.59. The van der Waals surface area contributed by atoms with E-state index in [9.17, 15) is 0 Å². The van der Waals surface area contributed by atoms with E-state index in [4.69, 9.17) is 32.5 Å². The second-order valence-electron chi connectivity index (χ2n) is 16.2. The number of aliphatic hydroxyl groups is 3. The largest absolute Gasteiger partial charge is 0.396 e. The van der Waals surface area contributed by atoms with Gasteiger partial charge >= 0.3 is 0 Å². The van der Waals surface area contributed by atoms with Crippen LogP contribution in [0.25, 0.3) is 0 Å². The molecule has 0 spiro atoms. The van der Waals surface area contributed by atoms with Crippen LogP contribution < -0.4 is 17.2 Å². The van der Waals surface area contributed by atoms with E-state index in [-0.39, 0.29) is 27.0 Å². The molecule has 0 aromatic heterocycles. The zero-order valence-electron chi connectivity index (χ0n) is 37.5. The van der Waals surface area contributed by atoms with Gasteiger partial charge < -0.3 is 32.5 Å². The third kappa shape index (κ3) is 60.5. The van der Waals surface area contributed by atoms with Crippen molar-refractivity contribution in [2.24, 2.45) is 70.5 Å². The van der Waals surface area contributed by atoms with Crippen molar-refractivity contribution in [3.05, 3.63) is 0 Å². The molecule has 0 rings (SSSR count). The number of nitrogens with two attached hydrogens (primary N) is 3. The molecule has 6 nitrogen and oxygen atoms in total. The van der Waals surface area contributed by atoms with Gasteiger partial charge in [0, 0.05) is 37.9 Å². The minimum absolute atomic E-state index is 0. The Bertz CT molecular complexity index is 480. The van der Waals surface area contributed by atoms with Crippen LogP contribution in [-0.2, 0) is 0 Å². The van der Waals surface area contributed by atoms with E-state index in [0.717, 1.165) is 75.5 Å². The van der Waals surface area contributed by atoms with Crippen molar-refractivity contribution in [3.8, 4) is 0 Å². The van der Waals surface area contributed by atoms with Gasteiger partial charge in [0.15, 0.2) is 0 Å². The van der Waals surface area contributed by atoms with Gasteiger partial charge in [0.1, 0.15) is 0 Å². The average molecular weight is 762 g/mol. The Morgan fingerprint density at radius 2 is 0.500 bits per heavy atom. The van der Waals surface area contributed by atoms with E-state index in [2.05, 4.69) is 125 Å². The molecule has 0 bridgehead atoms. The SMILES string of the molecule is CCC(CO)C(C)C.CCC(N)CC(C)C.CC[C@@H](CO)C(C)C.CC[C@@H](CO)C(C)C.CC[C@@H](N)CC(C)C.CC[C@H](N)CC(C)C.S.S. The first kappa shape index (κ1) is 68.5. The van der Waals surface area contributed by atoms with Gasteiger partial charge in [-0.05, 0) is 91.8 Å². The second-order valence-corrected chi connectivity index (χ2v) is 16.2. The van der Waals surface area contributed by atoms with Crippen LogP contribution in [0.1, 0.15) is 182 Å². The van der Waals surface area contributed by atoms with Crippen LogP contribution in [0.5, 0.6) is 0 Å². The van der Waals surface area contributed by atoms with Crippen LogP contribution >= 0.6 is 27.0 Å². The Labute approximate surface area is 332 Å². The lowest BCUT2D eigenvalue weighted by atomic mass is 9.95. The standard InChI is InChI=1S/3C7H17N.3C7H16O.2H2S/c3*1-4-7(8)5-6(2)3;3*1-4-7(5-8)6(2)3;;/h3*6-7H,4-5,8H2,1-3H3;3*6-8H,4-5H2,1-3H3;2*1H2/t2*7-;;2*7-;;;/m10.00.../s1. The summed E-state index contributed by atoms with van der Waals surface area (Å²) in [5.41, 5.74) is 17.0. The molecule has 0 saturated carbocycles. The van der Waals surface area contributed by atoms with Gasteiger partial charge in [0.2, 0.25) is 0 Å². The Balaban J connectivity index is -0.0000000700. The monoisotopic (exact) mass is 762 g/mol. The Morgan fingerprint density at radius 3 is 0.520 bits per heavy atom. The van der Waals surface area contributed by atoms with Crippen molar-refractivity contribution in [2.45, 2.75) is 201 Å². The molecule has 6 atom stereocenters. The van der Waals surface area contributed by atoms with E-state index >= 15 is 0 Å². The molecule has 0 aromatic rings. The van der Waals surface area contributed by atoms with Crippen LogP contribution in [-0.4, -0.2) is 53.3 Å². The Morgan fingerprint density at radius 1 is 0.340 bits per heavy atom. The fraction of sp³-hybridized carbons (Fsp3) is 1.00. The maximum Gasteiger partial charge on any atom is 0.0461 e. The fourth-order valence-corrected chi connectivity index (χ4v) is 4.75. The molecule has 50 heavy (non-hydrogen) atoms. The summed E-state index contributed by atoms with van der Waals surface area (Å²) < 4.78 is 0. The van der Waals surface area contributed by atoms with E-state index in [1.54, 1.807) is 0 Å². The van der Waals surface area contributed by atoms with Crippen molar-refractivity contribution >= 4 is 27.0 Å².